The lowest BCUT2D eigenvalue weighted by Crippen LogP contribution is -2.45. The SMILES string of the molecule is Cc1cccc2c(=O)n(CCC(=O)N3CCCC(C(C)N)C3)cnc12.Cl. The van der Waals surface area contributed by atoms with E-state index in [1.807, 2.05) is 30.9 Å². The highest BCUT2D eigenvalue weighted by atomic mass is 35.5. The third-order valence-electron chi connectivity index (χ3n) is 5.18. The third-order valence-corrected chi connectivity index (χ3v) is 5.18. The van der Waals surface area contributed by atoms with Crippen LogP contribution in [0.15, 0.2) is 29.3 Å². The number of aromatic nitrogens is 2. The van der Waals surface area contributed by atoms with Crippen LogP contribution >= 0.6 is 12.4 Å². The van der Waals surface area contributed by atoms with E-state index in [2.05, 4.69) is 4.98 Å². The molecule has 3 rings (SSSR count). The van der Waals surface area contributed by atoms with Gasteiger partial charge in [0.1, 0.15) is 0 Å². The Morgan fingerprint density at radius 2 is 2.19 bits per heavy atom. The zero-order valence-electron chi connectivity index (χ0n) is 15.4. The Morgan fingerprint density at radius 1 is 1.42 bits per heavy atom. The molecule has 2 N–H and O–H groups in total. The van der Waals surface area contributed by atoms with Gasteiger partial charge in [-0.2, -0.15) is 0 Å². The molecule has 0 spiro atoms. The highest BCUT2D eigenvalue weighted by molar-refractivity contribution is 5.85. The molecule has 1 saturated heterocycles. The lowest BCUT2D eigenvalue weighted by molar-refractivity contribution is -0.133. The molecule has 1 aliphatic rings. The molecule has 0 aliphatic carbocycles. The van der Waals surface area contributed by atoms with Crippen molar-refractivity contribution in [2.75, 3.05) is 13.1 Å². The number of carbonyl (C=O) groups is 1. The van der Waals surface area contributed by atoms with E-state index < -0.39 is 0 Å². The van der Waals surface area contributed by atoms with Crippen LogP contribution in [-0.2, 0) is 11.3 Å². The van der Waals surface area contributed by atoms with Crippen LogP contribution in [0.4, 0.5) is 0 Å². The summed E-state index contributed by atoms with van der Waals surface area (Å²) in [5, 5.41) is 0.602. The number of hydrogen-bond donors (Lipinski definition) is 1. The predicted molar refractivity (Wildman–Crippen MR) is 106 cm³/mol. The van der Waals surface area contributed by atoms with Crippen molar-refractivity contribution in [3.63, 3.8) is 0 Å². The summed E-state index contributed by atoms with van der Waals surface area (Å²) in [5.74, 6) is 0.451. The highest BCUT2D eigenvalue weighted by Crippen LogP contribution is 2.19. The molecule has 1 aromatic carbocycles. The quantitative estimate of drug-likeness (QED) is 0.883. The second-order valence-electron chi connectivity index (χ2n) is 7.07. The number of likely N-dealkylation sites (tertiary alicyclic amines) is 1. The molecule has 7 heteroatoms. The summed E-state index contributed by atoms with van der Waals surface area (Å²) in [6, 6.07) is 5.69. The minimum Gasteiger partial charge on any atom is -0.342 e. The molecule has 6 nitrogen and oxygen atoms in total. The first kappa shape index (κ1) is 20.4. The number of nitrogens with zero attached hydrogens (tertiary/aromatic N) is 3. The minimum absolute atomic E-state index is 0. The van der Waals surface area contributed by atoms with Gasteiger partial charge in [0.25, 0.3) is 5.56 Å². The molecule has 2 aromatic rings. The fraction of sp³-hybridized carbons (Fsp3) is 0.526. The smallest absolute Gasteiger partial charge is 0.261 e. The number of para-hydroxylation sites is 1. The summed E-state index contributed by atoms with van der Waals surface area (Å²) in [5.41, 5.74) is 7.61. The number of fused-ring (bicyclic) bond motifs is 1. The van der Waals surface area contributed by atoms with Crippen molar-refractivity contribution in [1.82, 2.24) is 14.5 Å². The molecule has 2 unspecified atom stereocenters. The van der Waals surface area contributed by atoms with Crippen molar-refractivity contribution in [3.8, 4) is 0 Å². The van der Waals surface area contributed by atoms with Gasteiger partial charge in [-0.25, -0.2) is 4.98 Å². The maximum Gasteiger partial charge on any atom is 0.261 e. The minimum atomic E-state index is -0.0893. The Morgan fingerprint density at radius 3 is 2.92 bits per heavy atom. The number of halogens is 1. The molecule has 1 amide bonds. The van der Waals surface area contributed by atoms with E-state index in [4.69, 9.17) is 5.73 Å². The third kappa shape index (κ3) is 4.24. The Balaban J connectivity index is 0.00000243. The number of hydrogen-bond acceptors (Lipinski definition) is 4. The molecule has 1 aliphatic heterocycles. The number of aryl methyl sites for hydroxylation is 2. The maximum atomic E-state index is 12.6. The van der Waals surface area contributed by atoms with Crippen LogP contribution in [0.3, 0.4) is 0 Å². The van der Waals surface area contributed by atoms with Gasteiger partial charge >= 0.3 is 0 Å². The Labute approximate surface area is 159 Å². The topological polar surface area (TPSA) is 81.2 Å². The normalized spacial score (nSPS) is 18.4. The fourth-order valence-corrected chi connectivity index (χ4v) is 3.54. The fourth-order valence-electron chi connectivity index (χ4n) is 3.54. The molecule has 142 valence electrons. The summed E-state index contributed by atoms with van der Waals surface area (Å²) in [6.45, 7) is 5.80. The molecule has 0 radical (unpaired) electrons. The average molecular weight is 379 g/mol. The highest BCUT2D eigenvalue weighted by Gasteiger charge is 2.25. The van der Waals surface area contributed by atoms with Gasteiger partial charge < -0.3 is 10.6 Å². The van der Waals surface area contributed by atoms with E-state index >= 15 is 0 Å². The van der Waals surface area contributed by atoms with Crippen molar-refractivity contribution in [3.05, 3.63) is 40.4 Å². The van der Waals surface area contributed by atoms with E-state index in [1.54, 1.807) is 12.4 Å². The van der Waals surface area contributed by atoms with Gasteiger partial charge in [-0.15, -0.1) is 12.4 Å². The van der Waals surface area contributed by atoms with Crippen LogP contribution in [0.5, 0.6) is 0 Å². The van der Waals surface area contributed by atoms with Gasteiger partial charge in [0.05, 0.1) is 17.2 Å². The number of rotatable bonds is 4. The molecule has 2 atom stereocenters. The molecule has 1 fully saturated rings. The summed E-state index contributed by atoms with van der Waals surface area (Å²) in [4.78, 5) is 31.4. The molecule has 0 bridgehead atoms. The van der Waals surface area contributed by atoms with Crippen molar-refractivity contribution in [2.45, 2.75) is 45.7 Å². The summed E-state index contributed by atoms with van der Waals surface area (Å²) in [7, 11) is 0. The van der Waals surface area contributed by atoms with E-state index in [-0.39, 0.29) is 29.9 Å². The summed E-state index contributed by atoms with van der Waals surface area (Å²) in [6.07, 6.45) is 3.93. The Bertz CT molecular complexity index is 834. The summed E-state index contributed by atoms with van der Waals surface area (Å²) >= 11 is 0. The Hall–Kier alpha value is -1.92. The van der Waals surface area contributed by atoms with Crippen molar-refractivity contribution in [2.24, 2.45) is 11.7 Å². The van der Waals surface area contributed by atoms with Gasteiger partial charge in [-0.1, -0.05) is 12.1 Å². The second kappa shape index (κ2) is 8.64. The Kier molecular flexibility index (Phi) is 6.78. The van der Waals surface area contributed by atoms with E-state index in [0.717, 1.165) is 37.0 Å². The maximum absolute atomic E-state index is 12.6. The van der Waals surface area contributed by atoms with Crippen LogP contribution in [0.2, 0.25) is 0 Å². The number of piperidine rings is 1. The first-order chi connectivity index (χ1) is 12.0. The average Bonchev–Trinajstić information content (AvgIpc) is 2.61. The van der Waals surface area contributed by atoms with Gasteiger partial charge in [0.2, 0.25) is 5.91 Å². The monoisotopic (exact) mass is 378 g/mol. The number of carbonyl (C=O) groups excluding carboxylic acids is 1. The zero-order valence-corrected chi connectivity index (χ0v) is 16.2. The van der Waals surface area contributed by atoms with Gasteiger partial charge in [0.15, 0.2) is 0 Å². The lowest BCUT2D eigenvalue weighted by Gasteiger charge is -2.34. The summed E-state index contributed by atoms with van der Waals surface area (Å²) < 4.78 is 1.53. The first-order valence-electron chi connectivity index (χ1n) is 8.95. The van der Waals surface area contributed by atoms with E-state index in [1.165, 1.54) is 4.57 Å². The van der Waals surface area contributed by atoms with Crippen LogP contribution in [0.25, 0.3) is 10.9 Å². The molecule has 0 saturated carbocycles. The van der Waals surface area contributed by atoms with Gasteiger partial charge in [0, 0.05) is 32.1 Å². The predicted octanol–water partition coefficient (Wildman–Crippen LogP) is 2.10. The van der Waals surface area contributed by atoms with Gasteiger partial charge in [-0.05, 0) is 44.2 Å². The van der Waals surface area contributed by atoms with Crippen LogP contribution in [0.1, 0.15) is 31.7 Å². The zero-order chi connectivity index (χ0) is 18.0. The molecule has 26 heavy (non-hydrogen) atoms. The largest absolute Gasteiger partial charge is 0.342 e. The number of benzene rings is 1. The van der Waals surface area contributed by atoms with Crippen LogP contribution < -0.4 is 11.3 Å². The van der Waals surface area contributed by atoms with E-state index in [0.29, 0.717) is 24.3 Å². The first-order valence-corrected chi connectivity index (χ1v) is 8.95. The number of nitrogens with two attached hydrogens (primary N) is 1. The molecular formula is C19H27ClN4O2. The molecule has 2 heterocycles. The molecule has 1 aromatic heterocycles. The van der Waals surface area contributed by atoms with E-state index in [9.17, 15) is 9.59 Å². The van der Waals surface area contributed by atoms with Crippen molar-refractivity contribution >= 4 is 29.2 Å². The number of amides is 1. The van der Waals surface area contributed by atoms with Crippen molar-refractivity contribution in [1.29, 1.82) is 0 Å². The second-order valence-corrected chi connectivity index (χ2v) is 7.07. The molecular weight excluding hydrogens is 352 g/mol. The van der Waals surface area contributed by atoms with Crippen molar-refractivity contribution < 1.29 is 4.79 Å². The lowest BCUT2D eigenvalue weighted by atomic mass is 9.92. The standard InChI is InChI=1S/C19H26N4O2.ClH/c1-13-5-3-7-16-18(13)21-12-23(19(16)25)10-8-17(24)22-9-4-6-15(11-22)14(2)20;/h3,5,7,12,14-15H,4,6,8-11,20H2,1-2H3;1H. The van der Waals surface area contributed by atoms with Crippen LogP contribution in [0, 0.1) is 12.8 Å². The van der Waals surface area contributed by atoms with Gasteiger partial charge in [-0.3, -0.25) is 14.2 Å². The van der Waals surface area contributed by atoms with Crippen LogP contribution in [-0.4, -0.2) is 39.5 Å².